The number of hydrogen-bond donors (Lipinski definition) is 2. The molecule has 0 bridgehead atoms. The van der Waals surface area contributed by atoms with Crippen LogP contribution in [0.25, 0.3) is 10.9 Å². The Labute approximate surface area is 198 Å². The highest BCUT2D eigenvalue weighted by Crippen LogP contribution is 2.32. The molecule has 0 saturated heterocycles. The van der Waals surface area contributed by atoms with Gasteiger partial charge < -0.3 is 19.6 Å². The largest absolute Gasteiger partial charge is 0.513 e. The number of aromatic amines is 1. The van der Waals surface area contributed by atoms with E-state index >= 15 is 0 Å². The fraction of sp³-hybridized carbons (Fsp3) is 0.185. The van der Waals surface area contributed by atoms with Crippen LogP contribution in [0.4, 0.5) is 10.5 Å². The molecule has 4 aromatic rings. The minimum Gasteiger partial charge on any atom is -0.494 e. The summed E-state index contributed by atoms with van der Waals surface area (Å²) in [7, 11) is 3.35. The highest BCUT2D eigenvalue weighted by molar-refractivity contribution is 6.13. The summed E-state index contributed by atoms with van der Waals surface area (Å²) in [4.78, 5) is 21.3. The standard InChI is InChI=1S/C27H27N3O4/c1-18(25-23-15-22(34-27(32)33-3)13-14-24(23)29-26(25)31)28-21-11-9-20(10-12-21)17-30(2)16-19-7-5-4-6-8-19/h4-15,29,31H,16-17H2,1-3H3. The van der Waals surface area contributed by atoms with Gasteiger partial charge in [-0.2, -0.15) is 0 Å². The second-order valence-electron chi connectivity index (χ2n) is 8.13. The Hall–Kier alpha value is -4.10. The van der Waals surface area contributed by atoms with E-state index in [9.17, 15) is 9.90 Å². The maximum Gasteiger partial charge on any atom is 0.513 e. The van der Waals surface area contributed by atoms with Crippen molar-refractivity contribution in [3.05, 3.63) is 89.5 Å². The van der Waals surface area contributed by atoms with Crippen LogP contribution in [0, 0.1) is 0 Å². The van der Waals surface area contributed by atoms with E-state index < -0.39 is 6.16 Å². The summed E-state index contributed by atoms with van der Waals surface area (Å²) >= 11 is 0. The number of aromatic nitrogens is 1. The van der Waals surface area contributed by atoms with Crippen LogP contribution in [-0.2, 0) is 17.8 Å². The number of H-pyrrole nitrogens is 1. The van der Waals surface area contributed by atoms with Crippen LogP contribution in [0.5, 0.6) is 11.6 Å². The minimum absolute atomic E-state index is 0.00521. The van der Waals surface area contributed by atoms with Crippen LogP contribution in [0.2, 0.25) is 0 Å². The van der Waals surface area contributed by atoms with Crippen LogP contribution in [0.3, 0.4) is 0 Å². The summed E-state index contributed by atoms with van der Waals surface area (Å²) in [5.41, 5.74) is 5.14. The molecule has 3 aromatic carbocycles. The Bertz CT molecular complexity index is 1310. The average molecular weight is 458 g/mol. The molecule has 1 heterocycles. The van der Waals surface area contributed by atoms with E-state index in [-0.39, 0.29) is 5.88 Å². The lowest BCUT2D eigenvalue weighted by Gasteiger charge is -2.17. The van der Waals surface area contributed by atoms with Crippen molar-refractivity contribution in [2.24, 2.45) is 4.99 Å². The minimum atomic E-state index is -0.805. The van der Waals surface area contributed by atoms with E-state index in [2.05, 4.69) is 58.1 Å². The number of nitrogens with zero attached hydrogens (tertiary/aromatic N) is 2. The Morgan fingerprint density at radius 1 is 1.00 bits per heavy atom. The van der Waals surface area contributed by atoms with Crippen molar-refractivity contribution in [1.82, 2.24) is 9.88 Å². The van der Waals surface area contributed by atoms with E-state index in [4.69, 9.17) is 9.73 Å². The van der Waals surface area contributed by atoms with E-state index in [1.807, 2.05) is 25.1 Å². The Morgan fingerprint density at radius 2 is 1.68 bits per heavy atom. The van der Waals surface area contributed by atoms with Crippen LogP contribution >= 0.6 is 0 Å². The normalized spacial score (nSPS) is 11.7. The van der Waals surface area contributed by atoms with Crippen LogP contribution in [-0.4, -0.2) is 41.0 Å². The molecule has 174 valence electrons. The topological polar surface area (TPSA) is 87.1 Å². The van der Waals surface area contributed by atoms with Gasteiger partial charge in [0.1, 0.15) is 5.75 Å². The van der Waals surface area contributed by atoms with Crippen molar-refractivity contribution in [3.8, 4) is 11.6 Å². The van der Waals surface area contributed by atoms with Gasteiger partial charge in [0.15, 0.2) is 5.88 Å². The number of hydrogen-bond acceptors (Lipinski definition) is 6. The Morgan fingerprint density at radius 3 is 2.35 bits per heavy atom. The molecule has 0 spiro atoms. The number of nitrogens with one attached hydrogen (secondary N) is 1. The summed E-state index contributed by atoms with van der Waals surface area (Å²) in [5, 5.41) is 11.2. The smallest absolute Gasteiger partial charge is 0.494 e. The first kappa shape index (κ1) is 23.1. The fourth-order valence-corrected chi connectivity index (χ4v) is 3.91. The molecule has 0 saturated carbocycles. The lowest BCUT2D eigenvalue weighted by Crippen LogP contribution is -2.17. The predicted molar refractivity (Wildman–Crippen MR) is 133 cm³/mol. The molecule has 34 heavy (non-hydrogen) atoms. The van der Waals surface area contributed by atoms with Crippen molar-refractivity contribution in [2.75, 3.05) is 14.2 Å². The van der Waals surface area contributed by atoms with Gasteiger partial charge in [0.2, 0.25) is 0 Å². The van der Waals surface area contributed by atoms with Gasteiger partial charge in [0, 0.05) is 24.0 Å². The molecule has 2 N–H and O–H groups in total. The molecule has 0 amide bonds. The summed E-state index contributed by atoms with van der Waals surface area (Å²) in [6.45, 7) is 3.53. The zero-order valence-corrected chi connectivity index (χ0v) is 19.4. The van der Waals surface area contributed by atoms with E-state index in [1.54, 1.807) is 18.2 Å². The molecular weight excluding hydrogens is 430 g/mol. The third-order valence-corrected chi connectivity index (χ3v) is 5.46. The average Bonchev–Trinajstić information content (AvgIpc) is 3.16. The highest BCUT2D eigenvalue weighted by Gasteiger charge is 2.16. The molecule has 0 aliphatic heterocycles. The maximum absolute atomic E-state index is 11.4. The molecule has 7 nitrogen and oxygen atoms in total. The van der Waals surface area contributed by atoms with Crippen molar-refractivity contribution < 1.29 is 19.4 Å². The quantitative estimate of drug-likeness (QED) is 0.208. The second kappa shape index (κ2) is 10.2. The summed E-state index contributed by atoms with van der Waals surface area (Å²) < 4.78 is 9.66. The molecule has 0 aliphatic carbocycles. The van der Waals surface area contributed by atoms with E-state index in [1.165, 1.54) is 18.2 Å². The molecule has 0 unspecified atom stereocenters. The highest BCUT2D eigenvalue weighted by atomic mass is 16.7. The maximum atomic E-state index is 11.4. The van der Waals surface area contributed by atoms with Gasteiger partial charge in [-0.1, -0.05) is 42.5 Å². The molecule has 0 radical (unpaired) electrons. The van der Waals surface area contributed by atoms with Gasteiger partial charge in [-0.05, 0) is 55.4 Å². The predicted octanol–water partition coefficient (Wildman–Crippen LogP) is 5.79. The second-order valence-corrected chi connectivity index (χ2v) is 8.13. The van der Waals surface area contributed by atoms with Crippen molar-refractivity contribution >= 4 is 28.5 Å². The number of aliphatic imine (C=N–C) groups is 1. The molecule has 0 aliphatic rings. The monoisotopic (exact) mass is 457 g/mol. The molecule has 0 fully saturated rings. The SMILES string of the molecule is COC(=O)Oc1ccc2[nH]c(O)c(C(C)=Nc3ccc(CN(C)Cc4ccccc4)cc3)c2c1. The summed E-state index contributed by atoms with van der Waals surface area (Å²) in [5.74, 6) is 0.321. The molecular formula is C27H27N3O4. The van der Waals surface area contributed by atoms with Gasteiger partial charge in [0.25, 0.3) is 0 Å². The van der Waals surface area contributed by atoms with Crippen LogP contribution in [0.15, 0.2) is 77.8 Å². The van der Waals surface area contributed by atoms with E-state index in [0.717, 1.165) is 18.8 Å². The number of benzene rings is 3. The number of carbonyl (C=O) groups excluding carboxylic acids is 1. The van der Waals surface area contributed by atoms with Gasteiger partial charge in [-0.15, -0.1) is 0 Å². The first-order valence-corrected chi connectivity index (χ1v) is 10.9. The number of aromatic hydroxyl groups is 1. The number of fused-ring (bicyclic) bond motifs is 1. The zero-order valence-electron chi connectivity index (χ0n) is 19.4. The lowest BCUT2D eigenvalue weighted by atomic mass is 10.1. The number of rotatable bonds is 7. The number of carbonyl (C=O) groups is 1. The zero-order chi connectivity index (χ0) is 24.1. The summed E-state index contributed by atoms with van der Waals surface area (Å²) in [6.07, 6.45) is -0.805. The number of methoxy groups -OCH3 is 1. The summed E-state index contributed by atoms with van der Waals surface area (Å²) in [6, 6.07) is 23.5. The molecule has 4 rings (SSSR count). The Kier molecular flexibility index (Phi) is 6.94. The van der Waals surface area contributed by atoms with E-state index in [0.29, 0.717) is 27.9 Å². The molecule has 0 atom stereocenters. The fourth-order valence-electron chi connectivity index (χ4n) is 3.91. The van der Waals surface area contributed by atoms with Crippen molar-refractivity contribution in [1.29, 1.82) is 0 Å². The first-order chi connectivity index (χ1) is 16.4. The lowest BCUT2D eigenvalue weighted by molar-refractivity contribution is 0.121. The van der Waals surface area contributed by atoms with Gasteiger partial charge in [-0.25, -0.2) is 4.79 Å². The molecule has 7 heteroatoms. The molecule has 1 aromatic heterocycles. The van der Waals surface area contributed by atoms with Crippen molar-refractivity contribution in [2.45, 2.75) is 20.0 Å². The van der Waals surface area contributed by atoms with Gasteiger partial charge in [0.05, 0.1) is 24.1 Å². The van der Waals surface area contributed by atoms with Crippen LogP contribution < -0.4 is 4.74 Å². The van der Waals surface area contributed by atoms with Gasteiger partial charge in [-0.3, -0.25) is 9.89 Å². The van der Waals surface area contributed by atoms with Crippen LogP contribution in [0.1, 0.15) is 23.6 Å². The third kappa shape index (κ3) is 5.44. The third-order valence-electron chi connectivity index (χ3n) is 5.46. The van der Waals surface area contributed by atoms with Gasteiger partial charge >= 0.3 is 6.16 Å². The van der Waals surface area contributed by atoms with Crippen molar-refractivity contribution in [3.63, 3.8) is 0 Å². The Balaban J connectivity index is 1.51. The number of ether oxygens (including phenoxy) is 2. The first-order valence-electron chi connectivity index (χ1n) is 10.9.